The molecule has 1 aromatic heterocycles. The maximum Gasteiger partial charge on any atom is 0.294 e. The molecule has 0 aliphatic carbocycles. The Bertz CT molecular complexity index is 1250. The average Bonchev–Trinajstić information content (AvgIpc) is 3.41. The van der Waals surface area contributed by atoms with Gasteiger partial charge in [0.2, 0.25) is 0 Å². The highest BCUT2D eigenvalue weighted by molar-refractivity contribution is 8.19. The van der Waals surface area contributed by atoms with Crippen LogP contribution in [0.3, 0.4) is 0 Å². The van der Waals surface area contributed by atoms with E-state index in [2.05, 4.69) is 17.9 Å². The summed E-state index contributed by atoms with van der Waals surface area (Å²) < 4.78 is 41.2. The molecule has 1 aliphatic heterocycles. The molecule has 36 heavy (non-hydrogen) atoms. The van der Waals surface area contributed by atoms with Crippen LogP contribution in [0, 0.1) is 0 Å². The van der Waals surface area contributed by atoms with Gasteiger partial charge in [-0.15, -0.1) is 22.3 Å². The molecule has 194 valence electrons. The molecule has 2 heterocycles. The van der Waals surface area contributed by atoms with Crippen LogP contribution in [0.25, 0.3) is 6.08 Å². The summed E-state index contributed by atoms with van der Waals surface area (Å²) in [7, 11) is -2.44. The summed E-state index contributed by atoms with van der Waals surface area (Å²) in [5.41, 5.74) is 0.723. The zero-order chi connectivity index (χ0) is 26.1. The maximum atomic E-state index is 13.1. The third-order valence-corrected chi connectivity index (χ3v) is 9.28. The maximum absolute atomic E-state index is 13.1. The number of benzene rings is 1. The van der Waals surface area contributed by atoms with Gasteiger partial charge in [0.1, 0.15) is 4.21 Å². The Balaban J connectivity index is 1.83. The number of ether oxygens (including phenoxy) is 2. The molecule has 0 saturated carbocycles. The number of hydrogen-bond acceptors (Lipinski definition) is 7. The van der Waals surface area contributed by atoms with Gasteiger partial charge >= 0.3 is 0 Å². The first-order chi connectivity index (χ1) is 17.3. The van der Waals surface area contributed by atoms with E-state index in [-0.39, 0.29) is 21.8 Å². The fourth-order valence-corrected chi connectivity index (χ4v) is 7.04. The van der Waals surface area contributed by atoms with E-state index in [4.69, 9.17) is 21.1 Å². The molecule has 0 bridgehead atoms. The van der Waals surface area contributed by atoms with Crippen molar-refractivity contribution in [3.05, 3.63) is 57.8 Å². The van der Waals surface area contributed by atoms with E-state index in [9.17, 15) is 13.2 Å². The Labute approximate surface area is 225 Å². The van der Waals surface area contributed by atoms with Gasteiger partial charge in [0.05, 0.1) is 23.0 Å². The number of thiophene rings is 1. The lowest BCUT2D eigenvalue weighted by atomic mass is 10.1. The number of carbonyl (C=O) groups excluding carboxylic acids is 1. The van der Waals surface area contributed by atoms with Crippen LogP contribution < -0.4 is 9.47 Å². The van der Waals surface area contributed by atoms with Crippen LogP contribution in [-0.4, -0.2) is 44.7 Å². The van der Waals surface area contributed by atoms with Crippen LogP contribution in [0.4, 0.5) is 0 Å². The molecule has 1 fully saturated rings. The molecular formula is C25H29ClN2O5S3. The van der Waals surface area contributed by atoms with Crippen LogP contribution in [0.2, 0.25) is 4.34 Å². The van der Waals surface area contributed by atoms with Gasteiger partial charge in [-0.2, -0.15) is 8.42 Å². The van der Waals surface area contributed by atoms with Crippen molar-refractivity contribution >= 4 is 61.9 Å². The van der Waals surface area contributed by atoms with Gasteiger partial charge < -0.3 is 9.47 Å². The zero-order valence-electron chi connectivity index (χ0n) is 20.2. The van der Waals surface area contributed by atoms with Crippen molar-refractivity contribution < 1.29 is 22.7 Å². The van der Waals surface area contributed by atoms with Gasteiger partial charge in [0.25, 0.3) is 15.9 Å². The monoisotopic (exact) mass is 568 g/mol. The Kier molecular flexibility index (Phi) is 10.5. The summed E-state index contributed by atoms with van der Waals surface area (Å²) in [5.74, 6) is 0.839. The highest BCUT2D eigenvalue weighted by Crippen LogP contribution is 2.36. The normalized spacial score (nSPS) is 16.2. The minimum Gasteiger partial charge on any atom is -0.493 e. The quantitative estimate of drug-likeness (QED) is 0.154. The third kappa shape index (κ3) is 7.38. The molecule has 0 atom stereocenters. The van der Waals surface area contributed by atoms with Crippen LogP contribution in [0.1, 0.15) is 44.6 Å². The number of nitrogens with zero attached hydrogens (tertiary/aromatic N) is 2. The minimum atomic E-state index is -4.02. The summed E-state index contributed by atoms with van der Waals surface area (Å²) in [6.45, 7) is 6.54. The molecule has 2 aromatic rings. The lowest BCUT2D eigenvalue weighted by Crippen LogP contribution is -2.29. The molecule has 0 N–H and O–H groups in total. The Hall–Kier alpha value is -2.27. The molecule has 11 heteroatoms. The molecule has 0 spiro atoms. The standard InChI is InChI=1S/C25H29ClN2O5S3/c1-4-6-7-8-9-15-33-20-16-18(10-11-19(20)32-3)17-21-24(29)28(14-5-2)25(34-21)27-36(30,31)23-13-12-22(26)35-23/h5,10-13,16-17H,2,4,6-9,14-15H2,1,3H3/b21-17-,27-25?. The fraction of sp³-hybridized carbons (Fsp3) is 0.360. The second-order valence-corrected chi connectivity index (χ2v) is 12.5. The van der Waals surface area contributed by atoms with E-state index in [1.54, 1.807) is 19.3 Å². The van der Waals surface area contributed by atoms with Gasteiger partial charge in [-0.1, -0.05) is 56.4 Å². The summed E-state index contributed by atoms with van der Waals surface area (Å²) in [5, 5.41) is 0.0627. The number of methoxy groups -OCH3 is 1. The van der Waals surface area contributed by atoms with Crippen LogP contribution in [0.5, 0.6) is 11.5 Å². The number of amides is 1. The average molecular weight is 569 g/mol. The molecular weight excluding hydrogens is 540 g/mol. The molecule has 0 unspecified atom stereocenters. The van der Waals surface area contributed by atoms with Crippen molar-refractivity contribution in [1.82, 2.24) is 4.90 Å². The Morgan fingerprint density at radius 2 is 1.92 bits per heavy atom. The van der Waals surface area contributed by atoms with Crippen LogP contribution in [-0.2, 0) is 14.8 Å². The molecule has 7 nitrogen and oxygen atoms in total. The molecule has 3 rings (SSSR count). The highest BCUT2D eigenvalue weighted by atomic mass is 35.5. The SMILES string of the molecule is C=CCN1C(=O)/C(=C/c2ccc(OC)c(OCCCCCCC)c2)SC1=NS(=O)(=O)c1ccc(Cl)s1. The van der Waals surface area contributed by atoms with E-state index in [1.807, 2.05) is 12.1 Å². The summed E-state index contributed by atoms with van der Waals surface area (Å²) in [4.78, 5) is 14.7. The fourth-order valence-electron chi connectivity index (χ4n) is 3.39. The lowest BCUT2D eigenvalue weighted by Gasteiger charge is -2.12. The summed E-state index contributed by atoms with van der Waals surface area (Å²) in [6.07, 6.45) is 8.85. The van der Waals surface area contributed by atoms with E-state index in [0.29, 0.717) is 27.3 Å². The molecule has 1 amide bonds. The summed E-state index contributed by atoms with van der Waals surface area (Å²) in [6, 6.07) is 8.29. The van der Waals surface area contributed by atoms with Crippen molar-refractivity contribution in [1.29, 1.82) is 0 Å². The third-order valence-electron chi connectivity index (χ3n) is 5.19. The first-order valence-corrected chi connectivity index (χ1v) is 15.0. The number of hydrogen-bond donors (Lipinski definition) is 0. The van der Waals surface area contributed by atoms with E-state index < -0.39 is 10.0 Å². The molecule has 1 aromatic carbocycles. The van der Waals surface area contributed by atoms with Gasteiger partial charge in [-0.05, 0) is 54.1 Å². The Morgan fingerprint density at radius 1 is 1.14 bits per heavy atom. The number of amidine groups is 1. The van der Waals surface area contributed by atoms with Crippen molar-refractivity contribution in [2.75, 3.05) is 20.3 Å². The molecule has 0 radical (unpaired) electrons. The van der Waals surface area contributed by atoms with Gasteiger partial charge in [-0.25, -0.2) is 0 Å². The van der Waals surface area contributed by atoms with Crippen molar-refractivity contribution in [3.8, 4) is 11.5 Å². The number of sulfonamides is 1. The van der Waals surface area contributed by atoms with Crippen LogP contribution >= 0.6 is 34.7 Å². The number of unbranched alkanes of at least 4 members (excludes halogenated alkanes) is 4. The summed E-state index contributed by atoms with van der Waals surface area (Å²) >= 11 is 7.79. The second kappa shape index (κ2) is 13.3. The first kappa shape index (κ1) is 28.3. The van der Waals surface area contributed by atoms with Crippen molar-refractivity contribution in [2.45, 2.75) is 43.2 Å². The Morgan fingerprint density at radius 3 is 2.58 bits per heavy atom. The van der Waals surface area contributed by atoms with E-state index >= 15 is 0 Å². The number of halogens is 1. The molecule has 1 saturated heterocycles. The predicted molar refractivity (Wildman–Crippen MR) is 149 cm³/mol. The van der Waals surface area contributed by atoms with Gasteiger partial charge in [-0.3, -0.25) is 9.69 Å². The second-order valence-electron chi connectivity index (χ2n) is 7.90. The lowest BCUT2D eigenvalue weighted by molar-refractivity contribution is -0.121. The van der Waals surface area contributed by atoms with E-state index in [1.165, 1.54) is 42.4 Å². The van der Waals surface area contributed by atoms with Gasteiger partial charge in [0.15, 0.2) is 16.7 Å². The number of carbonyl (C=O) groups is 1. The van der Waals surface area contributed by atoms with Crippen LogP contribution in [0.15, 0.2) is 56.5 Å². The predicted octanol–water partition coefficient (Wildman–Crippen LogP) is 6.61. The number of thioether (sulfide) groups is 1. The smallest absolute Gasteiger partial charge is 0.294 e. The molecule has 1 aliphatic rings. The van der Waals surface area contributed by atoms with Gasteiger partial charge in [0, 0.05) is 6.54 Å². The van der Waals surface area contributed by atoms with Crippen molar-refractivity contribution in [3.63, 3.8) is 0 Å². The highest BCUT2D eigenvalue weighted by Gasteiger charge is 2.34. The minimum absolute atomic E-state index is 0.00988. The number of rotatable bonds is 13. The zero-order valence-corrected chi connectivity index (χ0v) is 23.4. The largest absolute Gasteiger partial charge is 0.493 e. The van der Waals surface area contributed by atoms with E-state index in [0.717, 1.165) is 41.5 Å². The topological polar surface area (TPSA) is 85.3 Å². The van der Waals surface area contributed by atoms with Crippen molar-refractivity contribution in [2.24, 2.45) is 4.40 Å². The first-order valence-electron chi connectivity index (χ1n) is 11.5.